The van der Waals surface area contributed by atoms with E-state index in [2.05, 4.69) is 26.6 Å². The van der Waals surface area contributed by atoms with Crippen LogP contribution in [0.5, 0.6) is 0 Å². The first-order valence-electron chi connectivity index (χ1n) is 9.65. The number of rotatable bonds is 6. The quantitative estimate of drug-likeness (QED) is 0.273. The molecule has 0 saturated heterocycles. The Morgan fingerprint density at radius 3 is 2.31 bits per heavy atom. The lowest BCUT2D eigenvalue weighted by atomic mass is 10.1. The molecule has 0 radical (unpaired) electrons. The van der Waals surface area contributed by atoms with Crippen molar-refractivity contribution in [3.63, 3.8) is 0 Å². The van der Waals surface area contributed by atoms with E-state index in [1.165, 1.54) is 30.3 Å². The van der Waals surface area contributed by atoms with E-state index in [0.717, 1.165) is 11.1 Å². The standard InChI is InChI=1S/C24H20BrN3O4/c1-15-7-12-21(16(2)13-15)26-24(30)22(14-17-8-10-18(11-9-17)28(31)32)27-23(29)19-5-3-4-6-20(19)25/h3-14H,1-2H3,(H,26,30)(H,27,29). The highest BCUT2D eigenvalue weighted by molar-refractivity contribution is 9.10. The fourth-order valence-corrected chi connectivity index (χ4v) is 3.46. The van der Waals surface area contributed by atoms with Crippen LogP contribution < -0.4 is 10.6 Å². The molecule has 0 aliphatic carbocycles. The minimum absolute atomic E-state index is 0.000388. The molecule has 3 aromatic rings. The van der Waals surface area contributed by atoms with Crippen molar-refractivity contribution in [1.29, 1.82) is 0 Å². The predicted molar refractivity (Wildman–Crippen MR) is 127 cm³/mol. The summed E-state index contributed by atoms with van der Waals surface area (Å²) in [4.78, 5) is 36.3. The maximum Gasteiger partial charge on any atom is 0.272 e. The van der Waals surface area contributed by atoms with Gasteiger partial charge in [0.05, 0.1) is 10.5 Å². The van der Waals surface area contributed by atoms with Gasteiger partial charge in [0, 0.05) is 22.3 Å². The number of hydrogen-bond acceptors (Lipinski definition) is 4. The summed E-state index contributed by atoms with van der Waals surface area (Å²) in [5, 5.41) is 16.4. The molecule has 0 spiro atoms. The van der Waals surface area contributed by atoms with Crippen molar-refractivity contribution >= 4 is 45.2 Å². The van der Waals surface area contributed by atoms with Crippen LogP contribution in [0.25, 0.3) is 6.08 Å². The minimum Gasteiger partial charge on any atom is -0.320 e. The number of nitrogens with zero attached hydrogens (tertiary/aromatic N) is 1. The molecule has 0 unspecified atom stereocenters. The number of halogens is 1. The van der Waals surface area contributed by atoms with Gasteiger partial charge >= 0.3 is 0 Å². The number of carbonyl (C=O) groups is 2. The van der Waals surface area contributed by atoms with Crippen LogP contribution in [0.2, 0.25) is 0 Å². The van der Waals surface area contributed by atoms with E-state index in [1.807, 2.05) is 26.0 Å². The van der Waals surface area contributed by atoms with Crippen LogP contribution >= 0.6 is 15.9 Å². The largest absolute Gasteiger partial charge is 0.320 e. The molecule has 3 rings (SSSR count). The Bertz CT molecular complexity index is 1220. The molecule has 2 amide bonds. The smallest absolute Gasteiger partial charge is 0.272 e. The average molecular weight is 494 g/mol. The van der Waals surface area contributed by atoms with Gasteiger partial charge in [-0.1, -0.05) is 29.8 Å². The first kappa shape index (κ1) is 22.9. The normalized spacial score (nSPS) is 11.0. The zero-order valence-corrected chi connectivity index (χ0v) is 19.0. The van der Waals surface area contributed by atoms with Gasteiger partial charge in [0.1, 0.15) is 5.70 Å². The van der Waals surface area contributed by atoms with Crippen LogP contribution in [0.15, 0.2) is 76.9 Å². The molecule has 0 atom stereocenters. The molecule has 0 aliphatic heterocycles. The number of nitro groups is 1. The zero-order chi connectivity index (χ0) is 23.3. The molecule has 32 heavy (non-hydrogen) atoms. The molecule has 7 nitrogen and oxygen atoms in total. The third kappa shape index (κ3) is 5.67. The van der Waals surface area contributed by atoms with Gasteiger partial charge < -0.3 is 10.6 Å². The molecule has 162 valence electrons. The molecule has 0 bridgehead atoms. The highest BCUT2D eigenvalue weighted by atomic mass is 79.9. The van der Waals surface area contributed by atoms with Crippen LogP contribution in [0.3, 0.4) is 0 Å². The van der Waals surface area contributed by atoms with E-state index in [4.69, 9.17) is 0 Å². The summed E-state index contributed by atoms with van der Waals surface area (Å²) in [7, 11) is 0. The zero-order valence-electron chi connectivity index (χ0n) is 17.4. The van der Waals surface area contributed by atoms with Crippen molar-refractivity contribution in [3.8, 4) is 0 Å². The van der Waals surface area contributed by atoms with E-state index >= 15 is 0 Å². The fraction of sp³-hybridized carbons (Fsp3) is 0.0833. The maximum absolute atomic E-state index is 13.1. The number of aryl methyl sites for hydroxylation is 2. The molecule has 0 saturated carbocycles. The van der Waals surface area contributed by atoms with Crippen LogP contribution in [-0.4, -0.2) is 16.7 Å². The van der Waals surface area contributed by atoms with Crippen LogP contribution in [0.1, 0.15) is 27.0 Å². The molecule has 0 fully saturated rings. The summed E-state index contributed by atoms with van der Waals surface area (Å²) in [6, 6.07) is 18.1. The lowest BCUT2D eigenvalue weighted by molar-refractivity contribution is -0.384. The molecular formula is C24H20BrN3O4. The Kier molecular flexibility index (Phi) is 7.17. The Hall–Kier alpha value is -3.78. The molecular weight excluding hydrogens is 474 g/mol. The van der Waals surface area contributed by atoms with E-state index in [9.17, 15) is 19.7 Å². The van der Waals surface area contributed by atoms with Gasteiger partial charge in [-0.25, -0.2) is 0 Å². The van der Waals surface area contributed by atoms with Crippen LogP contribution in [0, 0.1) is 24.0 Å². The van der Waals surface area contributed by atoms with Crippen molar-refractivity contribution < 1.29 is 14.5 Å². The summed E-state index contributed by atoms with van der Waals surface area (Å²) < 4.78 is 0.585. The molecule has 0 aromatic heterocycles. The van der Waals surface area contributed by atoms with Gasteiger partial charge in [-0.3, -0.25) is 19.7 Å². The van der Waals surface area contributed by atoms with Crippen LogP contribution in [0.4, 0.5) is 11.4 Å². The van der Waals surface area contributed by atoms with Gasteiger partial charge in [-0.2, -0.15) is 0 Å². The first-order valence-corrected chi connectivity index (χ1v) is 10.4. The number of hydrogen-bond donors (Lipinski definition) is 2. The van der Waals surface area contributed by atoms with E-state index < -0.39 is 16.7 Å². The second-order valence-electron chi connectivity index (χ2n) is 7.11. The van der Waals surface area contributed by atoms with E-state index in [1.54, 1.807) is 30.3 Å². The van der Waals surface area contributed by atoms with Crippen molar-refractivity contribution in [2.24, 2.45) is 0 Å². The number of carbonyl (C=O) groups excluding carboxylic acids is 2. The van der Waals surface area contributed by atoms with Gasteiger partial charge in [0.2, 0.25) is 0 Å². The maximum atomic E-state index is 13.1. The van der Waals surface area contributed by atoms with Crippen molar-refractivity contribution in [3.05, 3.63) is 109 Å². The summed E-state index contributed by atoms with van der Waals surface area (Å²) in [6.45, 7) is 3.83. The third-order valence-electron chi connectivity index (χ3n) is 4.66. The average Bonchev–Trinajstić information content (AvgIpc) is 2.75. The second-order valence-corrected chi connectivity index (χ2v) is 7.97. The van der Waals surface area contributed by atoms with Crippen molar-refractivity contribution in [2.45, 2.75) is 13.8 Å². The van der Waals surface area contributed by atoms with Gasteiger partial charge in [-0.05, 0) is 77.3 Å². The molecule has 8 heteroatoms. The number of non-ortho nitro benzene ring substituents is 1. The SMILES string of the molecule is Cc1ccc(NC(=O)C(=Cc2ccc([N+](=O)[O-])cc2)NC(=O)c2ccccc2Br)c(C)c1. The Morgan fingerprint density at radius 2 is 1.69 bits per heavy atom. The monoisotopic (exact) mass is 493 g/mol. The number of nitro benzene ring substituents is 1. The highest BCUT2D eigenvalue weighted by Gasteiger charge is 2.17. The molecule has 2 N–H and O–H groups in total. The molecule has 3 aromatic carbocycles. The third-order valence-corrected chi connectivity index (χ3v) is 5.35. The molecule has 0 aliphatic rings. The minimum atomic E-state index is -0.518. The second kappa shape index (κ2) is 10.0. The van der Waals surface area contributed by atoms with Crippen molar-refractivity contribution in [2.75, 3.05) is 5.32 Å². The lowest BCUT2D eigenvalue weighted by Crippen LogP contribution is -2.31. The summed E-state index contributed by atoms with van der Waals surface area (Å²) in [5.74, 6) is -0.989. The highest BCUT2D eigenvalue weighted by Crippen LogP contribution is 2.20. The van der Waals surface area contributed by atoms with Gasteiger partial charge in [0.15, 0.2) is 0 Å². The van der Waals surface area contributed by atoms with Crippen LogP contribution in [-0.2, 0) is 4.79 Å². The number of nitrogens with one attached hydrogen (secondary N) is 2. The Labute approximate surface area is 193 Å². The summed E-state index contributed by atoms with van der Waals surface area (Å²) in [6.07, 6.45) is 1.47. The van der Waals surface area contributed by atoms with E-state index in [0.29, 0.717) is 21.3 Å². The fourth-order valence-electron chi connectivity index (χ4n) is 3.00. The summed E-state index contributed by atoms with van der Waals surface area (Å²) in [5.41, 5.74) is 3.37. The first-order chi connectivity index (χ1) is 15.2. The Balaban J connectivity index is 1.94. The van der Waals surface area contributed by atoms with E-state index in [-0.39, 0.29) is 11.4 Å². The number of amides is 2. The van der Waals surface area contributed by atoms with Gasteiger partial charge in [-0.15, -0.1) is 0 Å². The predicted octanol–water partition coefficient (Wildman–Crippen LogP) is 5.38. The molecule has 0 heterocycles. The number of anilines is 1. The lowest BCUT2D eigenvalue weighted by Gasteiger charge is -2.13. The summed E-state index contributed by atoms with van der Waals surface area (Å²) >= 11 is 3.34. The Morgan fingerprint density at radius 1 is 1.00 bits per heavy atom. The number of benzene rings is 3. The van der Waals surface area contributed by atoms with Gasteiger partial charge in [0.25, 0.3) is 17.5 Å². The topological polar surface area (TPSA) is 101 Å². The van der Waals surface area contributed by atoms with Crippen molar-refractivity contribution in [1.82, 2.24) is 5.32 Å².